The number of fused-ring (bicyclic) bond motifs is 15. The first-order chi connectivity index (χ1) is 35.2. The molecule has 9 aromatic carbocycles. The molecule has 0 saturated heterocycles. The Balaban J connectivity index is 1.02. The Kier molecular flexibility index (Phi) is 7.69. The molecule has 0 bridgehead atoms. The average Bonchev–Trinajstić information content (AvgIpc) is 3.96. The maximum absolute atomic E-state index is 5.71. The topological polar surface area (TPSA) is 74.3 Å². The third-order valence-electron chi connectivity index (χ3n) is 15.2. The number of rotatable bonds is 4. The van der Waals surface area contributed by atoms with E-state index in [-0.39, 0.29) is 0 Å². The van der Waals surface area contributed by atoms with Gasteiger partial charge in [0.25, 0.3) is 0 Å². The molecule has 1 aliphatic heterocycles. The van der Waals surface area contributed by atoms with Crippen LogP contribution in [-0.2, 0) is 5.41 Å². The van der Waals surface area contributed by atoms with Crippen molar-refractivity contribution in [1.82, 2.24) is 34.1 Å². The molecule has 71 heavy (non-hydrogen) atoms. The van der Waals surface area contributed by atoms with Crippen molar-refractivity contribution in [1.29, 1.82) is 0 Å². The lowest BCUT2D eigenvalue weighted by molar-refractivity contribution is 0.704. The molecular formula is C64H37N7. The van der Waals surface area contributed by atoms with E-state index in [0.29, 0.717) is 17.6 Å². The predicted octanol–water partition coefficient (Wildman–Crippen LogP) is 14.8. The highest BCUT2D eigenvalue weighted by molar-refractivity contribution is 6.21. The number of para-hydroxylation sites is 3. The summed E-state index contributed by atoms with van der Waals surface area (Å²) in [7, 11) is 0. The summed E-state index contributed by atoms with van der Waals surface area (Å²) in [6.07, 6.45) is 4.09. The van der Waals surface area contributed by atoms with Crippen molar-refractivity contribution in [2.24, 2.45) is 0 Å². The van der Waals surface area contributed by atoms with Gasteiger partial charge in [-0.2, -0.15) is 9.97 Å². The minimum atomic E-state index is -0.781. The van der Waals surface area contributed by atoms with E-state index in [9.17, 15) is 0 Å². The van der Waals surface area contributed by atoms with Gasteiger partial charge >= 0.3 is 0 Å². The third kappa shape index (κ3) is 5.08. The second-order valence-electron chi connectivity index (χ2n) is 18.7. The van der Waals surface area contributed by atoms with E-state index in [4.69, 9.17) is 24.9 Å². The maximum atomic E-state index is 5.71. The Morgan fingerprint density at radius 2 is 1.00 bits per heavy atom. The highest BCUT2D eigenvalue weighted by Gasteiger charge is 2.51. The van der Waals surface area contributed by atoms with Crippen LogP contribution in [0.1, 0.15) is 22.4 Å². The highest BCUT2D eigenvalue weighted by atomic mass is 15.2. The molecule has 0 saturated carbocycles. The smallest absolute Gasteiger partial charge is 0.238 e. The molecule has 1 atom stereocenters. The number of benzene rings is 9. The van der Waals surface area contributed by atoms with E-state index in [1.165, 1.54) is 38.2 Å². The van der Waals surface area contributed by atoms with E-state index in [1.807, 2.05) is 42.6 Å². The Morgan fingerprint density at radius 3 is 1.83 bits per heavy atom. The summed E-state index contributed by atoms with van der Waals surface area (Å²) < 4.78 is 4.73. The van der Waals surface area contributed by atoms with Crippen LogP contribution in [0.5, 0.6) is 0 Å². The van der Waals surface area contributed by atoms with Crippen LogP contribution in [0.3, 0.4) is 0 Å². The van der Waals surface area contributed by atoms with Crippen LogP contribution in [0.25, 0.3) is 122 Å². The van der Waals surface area contributed by atoms with Crippen LogP contribution in [0.15, 0.2) is 225 Å². The zero-order valence-electron chi connectivity index (χ0n) is 38.0. The fourth-order valence-corrected chi connectivity index (χ4v) is 12.4. The van der Waals surface area contributed by atoms with Crippen LogP contribution in [0.2, 0.25) is 0 Å². The number of nitrogens with zero attached hydrogens (tertiary/aromatic N) is 7. The number of aromatic nitrogens is 7. The molecule has 7 nitrogen and oxygen atoms in total. The second-order valence-corrected chi connectivity index (χ2v) is 18.7. The summed E-state index contributed by atoms with van der Waals surface area (Å²) in [4.78, 5) is 26.5. The molecule has 1 spiro atoms. The summed E-state index contributed by atoms with van der Waals surface area (Å²) in [6.45, 7) is 0. The standard InChI is InChI=1S/C64H37N7/c1-3-18-39(19-4-1)61-67-62(40-20-5-2-6-21-40)69-63(68-61)71-53-31-13-10-24-43(53)47-35-48-45-27-16-30-52-59(45)70(55(48)36-56(47)71)54-32-14-12-29-51(54)64(52)50-28-11-9-25-46(50)58-57-44(33-34-65-58)49(37-66-60(57)64)42-26-15-22-38-17-7-8-23-41(38)42/h1-37H. The van der Waals surface area contributed by atoms with E-state index in [0.717, 1.165) is 88.5 Å². The van der Waals surface area contributed by atoms with Crippen LogP contribution in [0.4, 0.5) is 0 Å². The Labute approximate surface area is 406 Å². The molecule has 1 unspecified atom stereocenters. The maximum Gasteiger partial charge on any atom is 0.238 e. The number of hydrogen-bond acceptors (Lipinski definition) is 5. The monoisotopic (exact) mass is 903 g/mol. The molecule has 328 valence electrons. The van der Waals surface area contributed by atoms with Gasteiger partial charge in [-0.15, -0.1) is 0 Å². The molecule has 7 heteroatoms. The number of pyridine rings is 2. The first-order valence-electron chi connectivity index (χ1n) is 24.1. The molecule has 0 N–H and O–H groups in total. The predicted molar refractivity (Wildman–Crippen MR) is 286 cm³/mol. The van der Waals surface area contributed by atoms with Crippen LogP contribution >= 0.6 is 0 Å². The van der Waals surface area contributed by atoms with Gasteiger partial charge in [0.05, 0.1) is 44.6 Å². The minimum absolute atomic E-state index is 0.561. The van der Waals surface area contributed by atoms with Gasteiger partial charge < -0.3 is 4.57 Å². The van der Waals surface area contributed by atoms with Gasteiger partial charge in [0.15, 0.2) is 11.6 Å². The zero-order chi connectivity index (χ0) is 46.4. The van der Waals surface area contributed by atoms with Gasteiger partial charge in [-0.05, 0) is 68.7 Å². The van der Waals surface area contributed by atoms with E-state index in [1.54, 1.807) is 0 Å². The van der Waals surface area contributed by atoms with Gasteiger partial charge in [-0.1, -0.05) is 182 Å². The Morgan fingerprint density at radius 1 is 0.380 bits per heavy atom. The van der Waals surface area contributed by atoms with Gasteiger partial charge in [0.2, 0.25) is 5.95 Å². The summed E-state index contributed by atoms with van der Waals surface area (Å²) in [5.41, 5.74) is 15.3. The fraction of sp³-hybridized carbons (Fsp3) is 0.0156. The van der Waals surface area contributed by atoms with E-state index < -0.39 is 5.41 Å². The second kappa shape index (κ2) is 14.2. The van der Waals surface area contributed by atoms with Gasteiger partial charge in [0.1, 0.15) is 0 Å². The Bertz CT molecular complexity index is 4530. The molecule has 0 fully saturated rings. The molecule has 2 aliphatic rings. The van der Waals surface area contributed by atoms with Crippen LogP contribution in [0, 0.1) is 0 Å². The minimum Gasteiger partial charge on any atom is -0.308 e. The Hall–Kier alpha value is -9.59. The normalized spacial score (nSPS) is 14.5. The lowest BCUT2D eigenvalue weighted by Gasteiger charge is -2.44. The first-order valence-corrected chi connectivity index (χ1v) is 24.1. The quantitative estimate of drug-likeness (QED) is 0.176. The van der Waals surface area contributed by atoms with E-state index in [2.05, 4.69) is 191 Å². The van der Waals surface area contributed by atoms with Crippen molar-refractivity contribution in [3.05, 3.63) is 247 Å². The molecule has 0 radical (unpaired) electrons. The molecule has 0 amide bonds. The number of hydrogen-bond donors (Lipinski definition) is 0. The summed E-state index contributed by atoms with van der Waals surface area (Å²) >= 11 is 0. The fourth-order valence-electron chi connectivity index (χ4n) is 12.4. The molecule has 16 rings (SSSR count). The van der Waals surface area contributed by atoms with Crippen LogP contribution < -0.4 is 0 Å². The van der Waals surface area contributed by atoms with Crippen molar-refractivity contribution >= 4 is 65.2 Å². The third-order valence-corrected chi connectivity index (χ3v) is 15.2. The van der Waals surface area contributed by atoms with Crippen molar-refractivity contribution < 1.29 is 0 Å². The van der Waals surface area contributed by atoms with Crippen molar-refractivity contribution in [3.63, 3.8) is 0 Å². The summed E-state index contributed by atoms with van der Waals surface area (Å²) in [5, 5.41) is 9.22. The van der Waals surface area contributed by atoms with Crippen LogP contribution in [-0.4, -0.2) is 34.1 Å². The molecule has 6 heterocycles. The molecule has 14 aromatic rings. The largest absolute Gasteiger partial charge is 0.308 e. The lowest BCUT2D eigenvalue weighted by atomic mass is 9.60. The summed E-state index contributed by atoms with van der Waals surface area (Å²) in [5.74, 6) is 1.80. The van der Waals surface area contributed by atoms with Crippen molar-refractivity contribution in [2.75, 3.05) is 0 Å². The first kappa shape index (κ1) is 38.4. The lowest BCUT2D eigenvalue weighted by Crippen LogP contribution is -2.38. The van der Waals surface area contributed by atoms with Crippen molar-refractivity contribution in [3.8, 4) is 56.8 Å². The van der Waals surface area contributed by atoms with Crippen molar-refractivity contribution in [2.45, 2.75) is 5.41 Å². The molecular weight excluding hydrogens is 867 g/mol. The molecule has 1 aliphatic carbocycles. The zero-order valence-corrected chi connectivity index (χ0v) is 38.0. The van der Waals surface area contributed by atoms with Gasteiger partial charge in [0, 0.05) is 61.6 Å². The van der Waals surface area contributed by atoms with Gasteiger partial charge in [-0.3, -0.25) is 14.5 Å². The van der Waals surface area contributed by atoms with Gasteiger partial charge in [-0.25, -0.2) is 4.98 Å². The SMILES string of the molecule is c1ccc(-c2nc(-c3ccccc3)nc(-n3c4ccccc4c4cc5c6cccc7c6n(c5cc43)-c3ccccc3C73c4ccccc4-c4nccc5c(-c6cccc7ccccc67)cnc3c45)n2)cc1. The average molecular weight is 904 g/mol. The molecule has 5 aromatic heterocycles. The summed E-state index contributed by atoms with van der Waals surface area (Å²) in [6, 6.07) is 75.9. The van der Waals surface area contributed by atoms with E-state index >= 15 is 0 Å². The highest BCUT2D eigenvalue weighted by Crippen LogP contribution is 2.60.